The molecule has 2 aromatic rings. The normalized spacial score (nSPS) is 30.4. The van der Waals surface area contributed by atoms with Gasteiger partial charge >= 0.3 is 0 Å². The SMILES string of the molecule is CC(C)NC(=O)C1N([C@@H](CO)Cc2ccccc2)C(=O)[C@@H]2[C@H](C(=O)NCc3ccccc3)[C@]3(C)CCC12O3. The fourth-order valence-electron chi connectivity index (χ4n) is 6.85. The minimum absolute atomic E-state index is 0.143. The predicted molar refractivity (Wildman–Crippen MR) is 142 cm³/mol. The summed E-state index contributed by atoms with van der Waals surface area (Å²) >= 11 is 0. The molecule has 5 rings (SSSR count). The Kier molecular flexibility index (Phi) is 7.05. The van der Waals surface area contributed by atoms with E-state index in [9.17, 15) is 19.5 Å². The van der Waals surface area contributed by atoms with Gasteiger partial charge in [-0.15, -0.1) is 0 Å². The van der Waals surface area contributed by atoms with E-state index >= 15 is 0 Å². The largest absolute Gasteiger partial charge is 0.394 e. The summed E-state index contributed by atoms with van der Waals surface area (Å²) in [6.07, 6.45) is 1.46. The van der Waals surface area contributed by atoms with Gasteiger partial charge in [0, 0.05) is 12.6 Å². The molecule has 0 saturated carbocycles. The standard InChI is InChI=1S/C30H37N3O5/c1-19(2)32-27(36)25-30-15-14-29(3,38-30)23(26(35)31-17-21-12-8-5-9-13-21)24(30)28(37)33(25)22(18-34)16-20-10-6-4-7-11-20/h4-13,19,22-25,34H,14-18H2,1-3H3,(H,31,35)(H,32,36)/t22-,23-,24+,25?,29+,30?/m1/s1. The molecule has 3 heterocycles. The lowest BCUT2D eigenvalue weighted by Crippen LogP contribution is -2.59. The lowest BCUT2D eigenvalue weighted by Gasteiger charge is -2.37. The highest BCUT2D eigenvalue weighted by molar-refractivity contribution is 5.99. The molecular weight excluding hydrogens is 482 g/mol. The summed E-state index contributed by atoms with van der Waals surface area (Å²) in [4.78, 5) is 43.2. The zero-order chi connectivity index (χ0) is 27.1. The molecule has 8 heteroatoms. The van der Waals surface area contributed by atoms with E-state index in [0.717, 1.165) is 11.1 Å². The van der Waals surface area contributed by atoms with Crippen molar-refractivity contribution in [2.24, 2.45) is 11.8 Å². The number of amides is 3. The summed E-state index contributed by atoms with van der Waals surface area (Å²) in [5.74, 6) is -2.39. The number of nitrogens with one attached hydrogen (secondary N) is 2. The zero-order valence-corrected chi connectivity index (χ0v) is 22.2. The third kappa shape index (κ3) is 4.39. The highest BCUT2D eigenvalue weighted by Gasteiger charge is 2.78. The Bertz CT molecular complexity index is 1190. The van der Waals surface area contributed by atoms with Crippen molar-refractivity contribution in [3.05, 3.63) is 71.8 Å². The molecule has 8 nitrogen and oxygen atoms in total. The molecule has 0 aliphatic carbocycles. The van der Waals surface area contributed by atoms with Crippen LogP contribution < -0.4 is 10.6 Å². The number of carbonyl (C=O) groups excluding carboxylic acids is 3. The lowest BCUT2D eigenvalue weighted by molar-refractivity contribution is -0.149. The average molecular weight is 520 g/mol. The summed E-state index contributed by atoms with van der Waals surface area (Å²) in [5.41, 5.74) is -0.0609. The van der Waals surface area contributed by atoms with Crippen molar-refractivity contribution in [1.29, 1.82) is 0 Å². The highest BCUT2D eigenvalue weighted by atomic mass is 16.5. The average Bonchev–Trinajstić information content (AvgIpc) is 3.47. The summed E-state index contributed by atoms with van der Waals surface area (Å²) in [6, 6.07) is 17.5. The van der Waals surface area contributed by atoms with Crippen molar-refractivity contribution in [3.63, 3.8) is 0 Å². The number of hydrogen-bond acceptors (Lipinski definition) is 5. The van der Waals surface area contributed by atoms with E-state index in [1.165, 1.54) is 4.90 Å². The molecule has 3 amide bonds. The number of aliphatic hydroxyl groups is 1. The van der Waals surface area contributed by atoms with Crippen molar-refractivity contribution in [2.45, 2.75) is 75.9 Å². The number of hydrogen-bond donors (Lipinski definition) is 3. The van der Waals surface area contributed by atoms with Gasteiger partial charge in [-0.2, -0.15) is 0 Å². The molecule has 0 aromatic heterocycles. The van der Waals surface area contributed by atoms with E-state index in [4.69, 9.17) is 4.74 Å². The molecule has 2 bridgehead atoms. The second kappa shape index (κ2) is 10.2. The van der Waals surface area contributed by atoms with Gasteiger partial charge in [0.05, 0.1) is 30.1 Å². The minimum atomic E-state index is -1.12. The molecule has 2 aromatic carbocycles. The van der Waals surface area contributed by atoms with Gasteiger partial charge in [-0.05, 0) is 51.2 Å². The van der Waals surface area contributed by atoms with Crippen LogP contribution in [0.2, 0.25) is 0 Å². The third-order valence-corrected chi connectivity index (χ3v) is 8.40. The molecular formula is C30H37N3O5. The third-order valence-electron chi connectivity index (χ3n) is 8.40. The van der Waals surface area contributed by atoms with E-state index in [2.05, 4.69) is 10.6 Å². The molecule has 1 spiro atoms. The Morgan fingerprint density at radius 2 is 1.66 bits per heavy atom. The van der Waals surface area contributed by atoms with Crippen LogP contribution in [-0.2, 0) is 32.1 Å². The fourth-order valence-corrected chi connectivity index (χ4v) is 6.85. The molecule has 3 N–H and O–H groups in total. The quantitative estimate of drug-likeness (QED) is 0.471. The first kappa shape index (κ1) is 26.4. The van der Waals surface area contributed by atoms with E-state index in [-0.39, 0.29) is 30.4 Å². The van der Waals surface area contributed by atoms with Crippen LogP contribution in [0, 0.1) is 11.8 Å². The number of benzene rings is 2. The maximum absolute atomic E-state index is 14.3. The van der Waals surface area contributed by atoms with Crippen LogP contribution in [-0.4, -0.2) is 63.7 Å². The second-order valence-electron chi connectivity index (χ2n) is 11.4. The predicted octanol–water partition coefficient (Wildman–Crippen LogP) is 2.20. The Morgan fingerprint density at radius 3 is 2.26 bits per heavy atom. The van der Waals surface area contributed by atoms with Crippen molar-refractivity contribution in [3.8, 4) is 0 Å². The van der Waals surface area contributed by atoms with Gasteiger partial charge in [-0.1, -0.05) is 60.7 Å². The lowest BCUT2D eigenvalue weighted by atomic mass is 9.66. The van der Waals surface area contributed by atoms with Gasteiger partial charge in [-0.25, -0.2) is 0 Å². The Morgan fingerprint density at radius 1 is 1.03 bits per heavy atom. The van der Waals surface area contributed by atoms with E-state index in [1.807, 2.05) is 81.4 Å². The first-order valence-electron chi connectivity index (χ1n) is 13.5. The van der Waals surface area contributed by atoms with Crippen molar-refractivity contribution >= 4 is 17.7 Å². The molecule has 38 heavy (non-hydrogen) atoms. The number of aliphatic hydroxyl groups excluding tert-OH is 1. The first-order chi connectivity index (χ1) is 18.2. The van der Waals surface area contributed by atoms with Crippen molar-refractivity contribution < 1.29 is 24.2 Å². The van der Waals surface area contributed by atoms with Gasteiger partial charge in [0.2, 0.25) is 17.7 Å². The summed E-state index contributed by atoms with van der Waals surface area (Å²) in [6.45, 7) is 5.66. The van der Waals surface area contributed by atoms with Gasteiger partial charge in [0.1, 0.15) is 11.6 Å². The first-order valence-corrected chi connectivity index (χ1v) is 13.5. The smallest absolute Gasteiger partial charge is 0.246 e. The Hall–Kier alpha value is -3.23. The Balaban J connectivity index is 1.49. The van der Waals surface area contributed by atoms with Crippen LogP contribution in [0.15, 0.2) is 60.7 Å². The van der Waals surface area contributed by atoms with Crippen molar-refractivity contribution in [1.82, 2.24) is 15.5 Å². The number of carbonyl (C=O) groups is 3. The zero-order valence-electron chi connectivity index (χ0n) is 22.2. The van der Waals surface area contributed by atoms with Crippen LogP contribution in [0.1, 0.15) is 44.7 Å². The van der Waals surface area contributed by atoms with Crippen LogP contribution in [0.25, 0.3) is 0 Å². The monoisotopic (exact) mass is 519 g/mol. The van der Waals surface area contributed by atoms with Gasteiger partial charge < -0.3 is 25.4 Å². The summed E-state index contributed by atoms with van der Waals surface area (Å²) in [7, 11) is 0. The van der Waals surface area contributed by atoms with Crippen molar-refractivity contribution in [2.75, 3.05) is 6.61 Å². The second-order valence-corrected chi connectivity index (χ2v) is 11.4. The Labute approximate surface area is 223 Å². The van der Waals surface area contributed by atoms with Crippen LogP contribution in [0.5, 0.6) is 0 Å². The summed E-state index contributed by atoms with van der Waals surface area (Å²) in [5, 5.41) is 16.5. The van der Waals surface area contributed by atoms with Crippen LogP contribution in [0.4, 0.5) is 0 Å². The van der Waals surface area contributed by atoms with E-state index < -0.39 is 35.1 Å². The van der Waals surface area contributed by atoms with Crippen LogP contribution >= 0.6 is 0 Å². The van der Waals surface area contributed by atoms with Gasteiger partial charge in [0.15, 0.2) is 0 Å². The number of ether oxygens (including phenoxy) is 1. The van der Waals surface area contributed by atoms with E-state index in [0.29, 0.717) is 25.8 Å². The van der Waals surface area contributed by atoms with Gasteiger partial charge in [-0.3, -0.25) is 14.4 Å². The fraction of sp³-hybridized carbons (Fsp3) is 0.500. The van der Waals surface area contributed by atoms with Gasteiger partial charge in [0.25, 0.3) is 0 Å². The number of rotatable bonds is 9. The molecule has 0 radical (unpaired) electrons. The van der Waals surface area contributed by atoms with E-state index in [1.54, 1.807) is 0 Å². The number of nitrogens with zero attached hydrogens (tertiary/aromatic N) is 1. The topological polar surface area (TPSA) is 108 Å². The molecule has 3 fully saturated rings. The molecule has 2 unspecified atom stereocenters. The number of fused-ring (bicyclic) bond motifs is 1. The molecule has 202 valence electrons. The maximum atomic E-state index is 14.3. The molecule has 6 atom stereocenters. The maximum Gasteiger partial charge on any atom is 0.246 e. The minimum Gasteiger partial charge on any atom is -0.394 e. The number of likely N-dealkylation sites (tertiary alicyclic amines) is 1. The molecule has 3 aliphatic rings. The molecule has 3 saturated heterocycles. The highest BCUT2D eigenvalue weighted by Crippen LogP contribution is 2.63. The molecule has 3 aliphatic heterocycles. The van der Waals surface area contributed by atoms with Crippen LogP contribution in [0.3, 0.4) is 0 Å². The summed E-state index contributed by atoms with van der Waals surface area (Å²) < 4.78 is 6.65.